The summed E-state index contributed by atoms with van der Waals surface area (Å²) in [5.74, 6) is -0.0258. The number of rotatable bonds is 6. The Labute approximate surface area is 177 Å². The molecule has 2 saturated heterocycles. The van der Waals surface area contributed by atoms with Gasteiger partial charge in [0.25, 0.3) is 5.91 Å². The summed E-state index contributed by atoms with van der Waals surface area (Å²) in [4.78, 5) is 17.1. The topological polar surface area (TPSA) is 44.8 Å². The Morgan fingerprint density at radius 1 is 1.10 bits per heavy atom. The lowest BCUT2D eigenvalue weighted by atomic mass is 10.1. The van der Waals surface area contributed by atoms with E-state index in [2.05, 4.69) is 33.3 Å². The van der Waals surface area contributed by atoms with E-state index in [0.717, 1.165) is 57.2 Å². The predicted octanol–water partition coefficient (Wildman–Crippen LogP) is 3.57. The maximum Gasteiger partial charge on any atom is 0.251 e. The van der Waals surface area contributed by atoms with E-state index in [-0.39, 0.29) is 12.0 Å². The lowest BCUT2D eigenvalue weighted by Gasteiger charge is -2.36. The summed E-state index contributed by atoms with van der Waals surface area (Å²) in [6.45, 7) is 6.31. The van der Waals surface area contributed by atoms with Gasteiger partial charge in [0.05, 0.1) is 6.10 Å². The summed E-state index contributed by atoms with van der Waals surface area (Å²) in [5, 5.41) is 3.76. The van der Waals surface area contributed by atoms with Crippen molar-refractivity contribution in [3.05, 3.63) is 64.7 Å². The fourth-order valence-corrected chi connectivity index (χ4v) is 4.16. The SMILES string of the molecule is O=C(NC[C@@H]1CCCO1)c1ccc(CN2CCN(c3cccc(Cl)c3)CC2)cc1. The van der Waals surface area contributed by atoms with Crippen LogP contribution in [0.1, 0.15) is 28.8 Å². The summed E-state index contributed by atoms with van der Waals surface area (Å²) < 4.78 is 5.55. The normalized spacial score (nSPS) is 20.0. The van der Waals surface area contributed by atoms with Crippen LogP contribution in [0.2, 0.25) is 5.02 Å². The van der Waals surface area contributed by atoms with Gasteiger partial charge in [-0.2, -0.15) is 0 Å². The number of hydrogen-bond acceptors (Lipinski definition) is 4. The van der Waals surface area contributed by atoms with Crippen molar-refractivity contribution >= 4 is 23.2 Å². The Kier molecular flexibility index (Phi) is 6.70. The van der Waals surface area contributed by atoms with Crippen molar-refractivity contribution in [2.45, 2.75) is 25.5 Å². The lowest BCUT2D eigenvalue weighted by Crippen LogP contribution is -2.45. The van der Waals surface area contributed by atoms with E-state index in [9.17, 15) is 4.79 Å². The summed E-state index contributed by atoms with van der Waals surface area (Å²) in [6.07, 6.45) is 2.29. The van der Waals surface area contributed by atoms with Crippen LogP contribution in [0, 0.1) is 0 Å². The molecule has 2 aliphatic rings. The second-order valence-electron chi connectivity index (χ2n) is 7.79. The van der Waals surface area contributed by atoms with Crippen LogP contribution >= 0.6 is 11.6 Å². The third-order valence-corrected chi connectivity index (χ3v) is 5.92. The maximum atomic E-state index is 12.3. The summed E-state index contributed by atoms with van der Waals surface area (Å²) in [7, 11) is 0. The minimum Gasteiger partial charge on any atom is -0.376 e. The van der Waals surface area contributed by atoms with Gasteiger partial charge in [0.2, 0.25) is 0 Å². The average Bonchev–Trinajstić information content (AvgIpc) is 3.27. The molecular weight excluding hydrogens is 386 g/mol. The Bertz CT molecular complexity index is 813. The Balaban J connectivity index is 1.24. The van der Waals surface area contributed by atoms with E-state index in [4.69, 9.17) is 16.3 Å². The highest BCUT2D eigenvalue weighted by atomic mass is 35.5. The van der Waals surface area contributed by atoms with E-state index in [1.54, 1.807) is 0 Å². The van der Waals surface area contributed by atoms with Crippen LogP contribution in [-0.2, 0) is 11.3 Å². The molecule has 2 aromatic carbocycles. The van der Waals surface area contributed by atoms with Gasteiger partial charge >= 0.3 is 0 Å². The number of benzene rings is 2. The molecule has 1 amide bonds. The zero-order valence-electron chi connectivity index (χ0n) is 16.6. The molecule has 0 bridgehead atoms. The first-order valence-electron chi connectivity index (χ1n) is 10.4. The maximum absolute atomic E-state index is 12.3. The molecule has 0 radical (unpaired) electrons. The van der Waals surface area contributed by atoms with Crippen LogP contribution in [0.3, 0.4) is 0 Å². The third kappa shape index (κ3) is 5.50. The van der Waals surface area contributed by atoms with E-state index < -0.39 is 0 Å². The van der Waals surface area contributed by atoms with Gasteiger partial charge in [0.1, 0.15) is 0 Å². The molecule has 0 spiro atoms. The van der Waals surface area contributed by atoms with Gasteiger partial charge in [-0.1, -0.05) is 29.8 Å². The number of hydrogen-bond donors (Lipinski definition) is 1. The van der Waals surface area contributed by atoms with Crippen molar-refractivity contribution < 1.29 is 9.53 Å². The number of ether oxygens (including phenoxy) is 1. The van der Waals surface area contributed by atoms with Gasteiger partial charge in [-0.25, -0.2) is 0 Å². The number of carbonyl (C=O) groups is 1. The minimum atomic E-state index is -0.0258. The smallest absolute Gasteiger partial charge is 0.251 e. The van der Waals surface area contributed by atoms with Gasteiger partial charge < -0.3 is 15.0 Å². The zero-order valence-corrected chi connectivity index (χ0v) is 17.4. The molecule has 0 unspecified atom stereocenters. The molecule has 154 valence electrons. The summed E-state index contributed by atoms with van der Waals surface area (Å²) >= 11 is 6.12. The van der Waals surface area contributed by atoms with Crippen LogP contribution < -0.4 is 10.2 Å². The van der Waals surface area contributed by atoms with Gasteiger partial charge in [-0.05, 0) is 48.7 Å². The van der Waals surface area contributed by atoms with Gasteiger partial charge in [-0.3, -0.25) is 9.69 Å². The Morgan fingerprint density at radius 3 is 2.59 bits per heavy atom. The van der Waals surface area contributed by atoms with Gasteiger partial charge in [0.15, 0.2) is 0 Å². The number of carbonyl (C=O) groups excluding carboxylic acids is 1. The van der Waals surface area contributed by atoms with Gasteiger partial charge in [0, 0.05) is 62.1 Å². The molecule has 2 heterocycles. The molecule has 2 aromatic rings. The molecule has 0 aliphatic carbocycles. The molecule has 4 rings (SSSR count). The molecule has 2 aliphatic heterocycles. The molecule has 5 nitrogen and oxygen atoms in total. The monoisotopic (exact) mass is 413 g/mol. The van der Waals surface area contributed by atoms with Crippen molar-refractivity contribution in [2.75, 3.05) is 44.2 Å². The number of amides is 1. The largest absolute Gasteiger partial charge is 0.376 e. The van der Waals surface area contributed by atoms with Crippen LogP contribution in [-0.4, -0.2) is 56.2 Å². The zero-order chi connectivity index (χ0) is 20.1. The number of anilines is 1. The first-order valence-corrected chi connectivity index (χ1v) is 10.8. The lowest BCUT2D eigenvalue weighted by molar-refractivity contribution is 0.0858. The standard InChI is InChI=1S/C23H28ClN3O2/c24-20-3-1-4-21(15-20)27-12-10-26(11-13-27)17-18-6-8-19(9-7-18)23(28)25-16-22-5-2-14-29-22/h1,3-4,6-9,15,22H,2,5,10-14,16-17H2,(H,25,28)/t22-/m0/s1. The third-order valence-electron chi connectivity index (χ3n) is 5.68. The number of nitrogens with zero attached hydrogens (tertiary/aromatic N) is 2. The highest BCUT2D eigenvalue weighted by molar-refractivity contribution is 6.30. The van der Waals surface area contributed by atoms with Crippen molar-refractivity contribution in [1.82, 2.24) is 10.2 Å². The first kappa shape index (κ1) is 20.2. The van der Waals surface area contributed by atoms with Crippen molar-refractivity contribution in [2.24, 2.45) is 0 Å². The highest BCUT2D eigenvalue weighted by Crippen LogP contribution is 2.21. The van der Waals surface area contributed by atoms with Crippen molar-refractivity contribution in [3.63, 3.8) is 0 Å². The fraction of sp³-hybridized carbons (Fsp3) is 0.435. The molecule has 1 N–H and O–H groups in total. The molecule has 29 heavy (non-hydrogen) atoms. The van der Waals surface area contributed by atoms with Crippen LogP contribution in [0.5, 0.6) is 0 Å². The summed E-state index contributed by atoms with van der Waals surface area (Å²) in [6, 6.07) is 16.0. The van der Waals surface area contributed by atoms with Crippen LogP contribution in [0.4, 0.5) is 5.69 Å². The minimum absolute atomic E-state index is 0.0258. The number of nitrogens with one attached hydrogen (secondary N) is 1. The Hall–Kier alpha value is -2.08. The molecule has 2 fully saturated rings. The molecule has 6 heteroatoms. The van der Waals surface area contributed by atoms with Crippen molar-refractivity contribution in [1.29, 1.82) is 0 Å². The quantitative estimate of drug-likeness (QED) is 0.786. The second kappa shape index (κ2) is 9.61. The Morgan fingerprint density at radius 2 is 1.90 bits per heavy atom. The molecular formula is C23H28ClN3O2. The number of halogens is 1. The van der Waals surface area contributed by atoms with Gasteiger partial charge in [-0.15, -0.1) is 0 Å². The van der Waals surface area contributed by atoms with Crippen LogP contribution in [0.15, 0.2) is 48.5 Å². The molecule has 1 atom stereocenters. The van der Waals surface area contributed by atoms with Crippen LogP contribution in [0.25, 0.3) is 0 Å². The molecule has 0 aromatic heterocycles. The van der Waals surface area contributed by atoms with Crippen molar-refractivity contribution in [3.8, 4) is 0 Å². The molecule has 0 saturated carbocycles. The predicted molar refractivity (Wildman–Crippen MR) is 117 cm³/mol. The highest BCUT2D eigenvalue weighted by Gasteiger charge is 2.18. The summed E-state index contributed by atoms with van der Waals surface area (Å²) in [5.41, 5.74) is 3.13. The second-order valence-corrected chi connectivity index (χ2v) is 8.22. The first-order chi connectivity index (χ1) is 14.2. The van der Waals surface area contributed by atoms with E-state index in [0.29, 0.717) is 12.1 Å². The fourth-order valence-electron chi connectivity index (χ4n) is 3.97. The van der Waals surface area contributed by atoms with E-state index >= 15 is 0 Å². The number of piperazine rings is 1. The van der Waals surface area contributed by atoms with E-state index in [1.807, 2.05) is 30.3 Å². The van der Waals surface area contributed by atoms with E-state index in [1.165, 1.54) is 11.3 Å². The average molecular weight is 414 g/mol.